The van der Waals surface area contributed by atoms with E-state index in [0.717, 1.165) is 61.7 Å². The Morgan fingerprint density at radius 2 is 1.61 bits per heavy atom. The van der Waals surface area contributed by atoms with Crippen molar-refractivity contribution in [3.05, 3.63) is 78.4 Å². The molecule has 4 amide bonds. The van der Waals surface area contributed by atoms with Crippen molar-refractivity contribution >= 4 is 46.4 Å². The summed E-state index contributed by atoms with van der Waals surface area (Å²) in [6.45, 7) is 7.02. The summed E-state index contributed by atoms with van der Waals surface area (Å²) in [5.74, 6) is 1.30. The number of piperidine rings is 2. The third kappa shape index (κ3) is 7.65. The third-order valence-corrected chi connectivity index (χ3v) is 13.5. The van der Waals surface area contributed by atoms with E-state index in [0.29, 0.717) is 81.8 Å². The van der Waals surface area contributed by atoms with E-state index in [1.807, 2.05) is 47.2 Å². The Hall–Kier alpha value is -6.29. The number of nitrogen functional groups attached to an aromatic ring is 1. The lowest BCUT2D eigenvalue weighted by Gasteiger charge is -2.51. The summed E-state index contributed by atoms with van der Waals surface area (Å²) in [5.41, 5.74) is 13.0. The van der Waals surface area contributed by atoms with Crippen LogP contribution in [0.1, 0.15) is 31.2 Å². The largest absolute Gasteiger partial charge is 0.507 e. The molecule has 3 aromatic carbocycles. The number of fused-ring (bicyclic) bond motifs is 3. The maximum Gasteiger partial charge on any atom is 0.319 e. The van der Waals surface area contributed by atoms with Gasteiger partial charge in [-0.25, -0.2) is 4.79 Å². The first-order valence-electron chi connectivity index (χ1n) is 21.9. The molecule has 62 heavy (non-hydrogen) atoms. The number of urea groups is 1. The molecule has 16 nitrogen and oxygen atoms in total. The number of anilines is 5. The average molecular weight is 843 g/mol. The number of carbonyl (C=O) groups excluding carboxylic acids is 3. The number of hydrogen-bond donors (Lipinski definition) is 3. The molecule has 0 saturated carbocycles. The number of piperazine rings is 1. The Bertz CT molecular complexity index is 2340. The molecule has 5 saturated heterocycles. The van der Waals surface area contributed by atoms with E-state index in [2.05, 4.69) is 65.4 Å². The summed E-state index contributed by atoms with van der Waals surface area (Å²) in [4.78, 5) is 51.1. The van der Waals surface area contributed by atoms with Crippen molar-refractivity contribution < 1.29 is 29.0 Å². The number of aromatic nitrogens is 2. The second kappa shape index (κ2) is 16.5. The lowest BCUT2D eigenvalue weighted by Crippen LogP contribution is -2.65. The van der Waals surface area contributed by atoms with Gasteiger partial charge in [-0.1, -0.05) is 24.3 Å². The van der Waals surface area contributed by atoms with Gasteiger partial charge in [-0.3, -0.25) is 14.9 Å². The van der Waals surface area contributed by atoms with Crippen LogP contribution >= 0.6 is 0 Å². The van der Waals surface area contributed by atoms with Crippen LogP contribution in [0.4, 0.5) is 33.4 Å². The van der Waals surface area contributed by atoms with E-state index in [1.165, 1.54) is 11.3 Å². The van der Waals surface area contributed by atoms with Gasteiger partial charge in [0.05, 0.1) is 36.7 Å². The molecule has 10 rings (SSSR count). The summed E-state index contributed by atoms with van der Waals surface area (Å²) in [5, 5.41) is 21.5. The molecule has 0 radical (unpaired) electrons. The molecule has 4 N–H and O–H groups in total. The number of benzene rings is 3. The number of morpholine rings is 1. The van der Waals surface area contributed by atoms with Crippen molar-refractivity contribution in [2.24, 2.45) is 5.92 Å². The van der Waals surface area contributed by atoms with E-state index in [4.69, 9.17) is 15.2 Å². The van der Waals surface area contributed by atoms with Gasteiger partial charge in [0.1, 0.15) is 23.6 Å². The van der Waals surface area contributed by atoms with Gasteiger partial charge in [-0.05, 0) is 55.3 Å². The van der Waals surface area contributed by atoms with Crippen LogP contribution in [0.3, 0.4) is 0 Å². The first-order chi connectivity index (χ1) is 30.2. The summed E-state index contributed by atoms with van der Waals surface area (Å²) < 4.78 is 12.6. The van der Waals surface area contributed by atoms with Crippen LogP contribution in [0.5, 0.6) is 11.5 Å². The van der Waals surface area contributed by atoms with E-state index < -0.39 is 0 Å². The highest BCUT2D eigenvalue weighted by atomic mass is 16.5. The standard InChI is InChI=1S/C46H54N10O6/c1-51(22-29-23-53(24-29)38-9-5-10-39-36(38)16-19-55(39)40-12-13-43(58)48-45(40)59)46(60)52-17-14-33(15-18-52)62-34-7-4-6-30(20-34)56-31-25-54(26-32(56)28-61-27-31)41-21-37(49-50-44(41)47)35-8-2-3-11-42(35)57/h2-11,20-21,29,31-33,40,57H,12-19,22-28H2,1H3,(H2,47,50)(H,48,58,59)/t31-,32+,40-/m1/s1. The molecule has 6 aliphatic heterocycles. The van der Waals surface area contributed by atoms with Crippen molar-refractivity contribution in [2.75, 3.05) is 98.0 Å². The van der Waals surface area contributed by atoms with Crippen molar-refractivity contribution in [1.82, 2.24) is 25.3 Å². The number of amides is 4. The SMILES string of the molecule is CN(CC1CN(c2cccc3c2CCN3[C@@H]2CCC(=O)NC2=O)C1)C(=O)N1CCC(Oc2cccc(N3[C@@H]4COC[C@H]3CN(c3cc(-c5ccccc5O)nnc3N)C4)c2)CC1. The maximum absolute atomic E-state index is 13.6. The van der Waals surface area contributed by atoms with Crippen molar-refractivity contribution in [3.8, 4) is 22.8 Å². The van der Waals surface area contributed by atoms with Crippen LogP contribution in [0, 0.1) is 5.92 Å². The van der Waals surface area contributed by atoms with Crippen LogP contribution in [-0.2, 0) is 20.7 Å². The smallest absolute Gasteiger partial charge is 0.319 e. The second-order valence-electron chi connectivity index (χ2n) is 17.6. The third-order valence-electron chi connectivity index (χ3n) is 13.5. The molecule has 5 fully saturated rings. The van der Waals surface area contributed by atoms with Gasteiger partial charge in [0.2, 0.25) is 11.8 Å². The highest BCUT2D eigenvalue weighted by molar-refractivity contribution is 6.02. The number of nitrogens with one attached hydrogen (secondary N) is 1. The quantitative estimate of drug-likeness (QED) is 0.209. The van der Waals surface area contributed by atoms with E-state index >= 15 is 0 Å². The molecule has 1 aromatic heterocycles. The van der Waals surface area contributed by atoms with E-state index in [-0.39, 0.29) is 47.8 Å². The fraction of sp³-hybridized carbons (Fsp3) is 0.457. The number of hydrogen-bond acceptors (Lipinski definition) is 13. The molecule has 0 aliphatic carbocycles. The second-order valence-corrected chi connectivity index (χ2v) is 17.6. The first-order valence-corrected chi connectivity index (χ1v) is 21.9. The number of phenols is 1. The number of aromatic hydroxyl groups is 1. The number of likely N-dealkylation sites (tertiary alicyclic amines) is 1. The van der Waals surface area contributed by atoms with Gasteiger partial charge >= 0.3 is 6.03 Å². The number of phenolic OH excluding ortho intramolecular Hbond substituents is 1. The van der Waals surface area contributed by atoms with Crippen molar-refractivity contribution in [2.45, 2.75) is 56.3 Å². The number of nitrogens with zero attached hydrogens (tertiary/aromatic N) is 8. The number of imide groups is 1. The Balaban J connectivity index is 0.707. The zero-order valence-electron chi connectivity index (χ0n) is 35.1. The van der Waals surface area contributed by atoms with Gasteiger partial charge in [0.15, 0.2) is 5.82 Å². The summed E-state index contributed by atoms with van der Waals surface area (Å²) in [6.07, 6.45) is 3.32. The monoisotopic (exact) mass is 842 g/mol. The van der Waals surface area contributed by atoms with Gasteiger partial charge in [0, 0.05) is 119 Å². The van der Waals surface area contributed by atoms with Crippen LogP contribution in [0.25, 0.3) is 11.3 Å². The normalized spacial score (nSPS) is 22.9. The molecule has 4 aromatic rings. The molecular weight excluding hydrogens is 789 g/mol. The van der Waals surface area contributed by atoms with Gasteiger partial charge < -0.3 is 49.7 Å². The van der Waals surface area contributed by atoms with Gasteiger partial charge in [0.25, 0.3) is 0 Å². The zero-order valence-corrected chi connectivity index (χ0v) is 35.1. The number of rotatable bonds is 9. The average Bonchev–Trinajstić information content (AvgIpc) is 3.69. The van der Waals surface area contributed by atoms with Crippen molar-refractivity contribution in [3.63, 3.8) is 0 Å². The maximum atomic E-state index is 13.6. The number of ether oxygens (including phenoxy) is 2. The van der Waals surface area contributed by atoms with Gasteiger partial charge in [-0.15, -0.1) is 10.2 Å². The summed E-state index contributed by atoms with van der Waals surface area (Å²) in [7, 11) is 1.91. The fourth-order valence-corrected chi connectivity index (χ4v) is 10.5. The van der Waals surface area contributed by atoms with E-state index in [1.54, 1.807) is 12.1 Å². The Morgan fingerprint density at radius 3 is 2.39 bits per heavy atom. The molecule has 16 heteroatoms. The Morgan fingerprint density at radius 1 is 0.871 bits per heavy atom. The molecule has 0 spiro atoms. The molecule has 6 aliphatic rings. The lowest BCUT2D eigenvalue weighted by molar-refractivity contribution is -0.134. The predicted octanol–water partition coefficient (Wildman–Crippen LogP) is 3.72. The fourth-order valence-electron chi connectivity index (χ4n) is 10.5. The lowest BCUT2D eigenvalue weighted by atomic mass is 9.96. The molecule has 0 unspecified atom stereocenters. The minimum atomic E-state index is -0.308. The van der Waals surface area contributed by atoms with Crippen molar-refractivity contribution in [1.29, 1.82) is 0 Å². The molecule has 7 heterocycles. The molecular formula is C46H54N10O6. The minimum absolute atomic E-state index is 0.0124. The molecule has 3 atom stereocenters. The summed E-state index contributed by atoms with van der Waals surface area (Å²) >= 11 is 0. The van der Waals surface area contributed by atoms with E-state index in [9.17, 15) is 19.5 Å². The Kier molecular flexibility index (Phi) is 10.6. The molecule has 324 valence electrons. The number of nitrogens with two attached hydrogens (primary N) is 1. The predicted molar refractivity (Wildman–Crippen MR) is 236 cm³/mol. The van der Waals surface area contributed by atoms with Crippen LogP contribution in [0.15, 0.2) is 72.8 Å². The highest BCUT2D eigenvalue weighted by Crippen LogP contribution is 2.41. The minimum Gasteiger partial charge on any atom is -0.507 e. The Labute approximate surface area is 361 Å². The number of carbonyl (C=O) groups is 3. The van der Waals surface area contributed by atoms with Crippen LogP contribution in [-0.4, -0.2) is 140 Å². The van der Waals surface area contributed by atoms with Crippen LogP contribution < -0.4 is 35.4 Å². The topological polar surface area (TPSA) is 173 Å². The van der Waals surface area contributed by atoms with Crippen LogP contribution in [0.2, 0.25) is 0 Å². The number of para-hydroxylation sites is 1. The molecule has 2 bridgehead atoms. The van der Waals surface area contributed by atoms with Gasteiger partial charge in [-0.2, -0.15) is 0 Å². The summed E-state index contributed by atoms with van der Waals surface area (Å²) in [6, 6.07) is 23.6. The zero-order chi connectivity index (χ0) is 42.5. The first kappa shape index (κ1) is 39.8. The highest BCUT2D eigenvalue weighted by Gasteiger charge is 2.41.